The molecule has 190 valence electrons. The van der Waals surface area contributed by atoms with Gasteiger partial charge in [0.1, 0.15) is 12.6 Å². The number of nitro benzene ring substituents is 1. The summed E-state index contributed by atoms with van der Waals surface area (Å²) >= 11 is 3.39. The highest BCUT2D eigenvalue weighted by Gasteiger charge is 2.31. The lowest BCUT2D eigenvalue weighted by Gasteiger charge is -2.32. The second-order valence-electron chi connectivity index (χ2n) is 8.19. The number of nitrogens with one attached hydrogen (secondary N) is 1. The number of sulfonamides is 1. The summed E-state index contributed by atoms with van der Waals surface area (Å²) in [6, 6.07) is 11.2. The minimum absolute atomic E-state index is 0.0193. The molecule has 0 aliphatic rings. The van der Waals surface area contributed by atoms with Gasteiger partial charge in [0.2, 0.25) is 21.8 Å². The Morgan fingerprint density at radius 3 is 2.37 bits per heavy atom. The molecule has 0 unspecified atom stereocenters. The second-order valence-corrected chi connectivity index (χ2v) is 11.0. The van der Waals surface area contributed by atoms with Crippen LogP contribution >= 0.6 is 15.9 Å². The Balaban J connectivity index is 2.43. The number of benzene rings is 2. The van der Waals surface area contributed by atoms with Crippen molar-refractivity contribution in [3.05, 3.63) is 68.7 Å². The molecule has 0 aromatic heterocycles. The number of carbonyl (C=O) groups excluding carboxylic acids is 2. The Morgan fingerprint density at radius 1 is 1.14 bits per heavy atom. The van der Waals surface area contributed by atoms with Crippen LogP contribution in [-0.2, 0) is 26.2 Å². The van der Waals surface area contributed by atoms with Crippen molar-refractivity contribution in [3.8, 4) is 0 Å². The molecule has 2 atom stereocenters. The molecule has 0 heterocycles. The van der Waals surface area contributed by atoms with Gasteiger partial charge < -0.3 is 10.2 Å². The van der Waals surface area contributed by atoms with Gasteiger partial charge in [0.25, 0.3) is 5.69 Å². The van der Waals surface area contributed by atoms with Crippen molar-refractivity contribution >= 4 is 49.1 Å². The predicted octanol–water partition coefficient (Wildman–Crippen LogP) is 3.46. The number of nitro groups is 1. The van der Waals surface area contributed by atoms with Crippen LogP contribution in [0.4, 0.5) is 11.4 Å². The second kappa shape index (κ2) is 12.1. The third kappa shape index (κ3) is 8.03. The lowest BCUT2D eigenvalue weighted by Crippen LogP contribution is -2.52. The van der Waals surface area contributed by atoms with Crippen LogP contribution in [0, 0.1) is 10.1 Å². The first kappa shape index (κ1) is 28.2. The van der Waals surface area contributed by atoms with Gasteiger partial charge in [-0.3, -0.25) is 24.0 Å². The van der Waals surface area contributed by atoms with Crippen LogP contribution in [-0.4, -0.2) is 54.9 Å². The molecule has 2 rings (SSSR count). The van der Waals surface area contributed by atoms with Gasteiger partial charge in [0.15, 0.2) is 0 Å². The zero-order valence-electron chi connectivity index (χ0n) is 20.0. The molecule has 12 heteroatoms. The molecule has 0 spiro atoms. The molecule has 0 saturated heterocycles. The quantitative estimate of drug-likeness (QED) is 0.326. The zero-order chi connectivity index (χ0) is 26.3. The van der Waals surface area contributed by atoms with Crippen LogP contribution in [0.5, 0.6) is 0 Å². The van der Waals surface area contributed by atoms with E-state index < -0.39 is 33.4 Å². The summed E-state index contributed by atoms with van der Waals surface area (Å²) < 4.78 is 26.7. The first-order chi connectivity index (χ1) is 16.3. The normalized spacial score (nSPS) is 12.9. The van der Waals surface area contributed by atoms with E-state index in [1.54, 1.807) is 25.1 Å². The van der Waals surface area contributed by atoms with Crippen molar-refractivity contribution in [3.63, 3.8) is 0 Å². The number of rotatable bonds is 11. The first-order valence-corrected chi connectivity index (χ1v) is 13.5. The highest BCUT2D eigenvalue weighted by atomic mass is 79.9. The fraction of sp³-hybridized carbons (Fsp3) is 0.391. The molecule has 0 radical (unpaired) electrons. The highest BCUT2D eigenvalue weighted by molar-refractivity contribution is 9.10. The molecule has 0 fully saturated rings. The molecule has 10 nitrogen and oxygen atoms in total. The Morgan fingerprint density at radius 2 is 1.80 bits per heavy atom. The van der Waals surface area contributed by atoms with Gasteiger partial charge in [-0.25, -0.2) is 8.42 Å². The molecular weight excluding hydrogens is 540 g/mol. The molecule has 0 saturated carbocycles. The van der Waals surface area contributed by atoms with Crippen LogP contribution < -0.4 is 9.62 Å². The van der Waals surface area contributed by atoms with Gasteiger partial charge in [-0.05, 0) is 44.0 Å². The number of carbonyl (C=O) groups is 2. The number of anilines is 1. The van der Waals surface area contributed by atoms with Crippen molar-refractivity contribution in [2.24, 2.45) is 0 Å². The maximum absolute atomic E-state index is 13.5. The van der Waals surface area contributed by atoms with E-state index in [2.05, 4.69) is 21.2 Å². The largest absolute Gasteiger partial charge is 0.352 e. The summed E-state index contributed by atoms with van der Waals surface area (Å²) in [6.07, 6.45) is 1.61. The zero-order valence-corrected chi connectivity index (χ0v) is 22.4. The Hall–Kier alpha value is -2.99. The smallest absolute Gasteiger partial charge is 0.271 e. The maximum Gasteiger partial charge on any atom is 0.271 e. The molecule has 0 aliphatic heterocycles. The lowest BCUT2D eigenvalue weighted by molar-refractivity contribution is -0.384. The topological polar surface area (TPSA) is 130 Å². The van der Waals surface area contributed by atoms with Crippen molar-refractivity contribution in [2.45, 2.75) is 45.8 Å². The third-order valence-corrected chi connectivity index (χ3v) is 7.05. The van der Waals surface area contributed by atoms with E-state index in [4.69, 9.17) is 0 Å². The van der Waals surface area contributed by atoms with E-state index in [0.29, 0.717) is 6.42 Å². The van der Waals surface area contributed by atoms with E-state index in [0.717, 1.165) is 26.7 Å². The number of halogens is 1. The number of hydrogen-bond acceptors (Lipinski definition) is 6. The summed E-state index contributed by atoms with van der Waals surface area (Å²) in [6.45, 7) is 4.77. The summed E-state index contributed by atoms with van der Waals surface area (Å²) in [4.78, 5) is 38.2. The number of amides is 2. The number of non-ortho nitro benzene ring substituents is 1. The number of nitrogens with zero attached hydrogens (tertiary/aromatic N) is 3. The SMILES string of the molecule is CC[C@@H](C)NC(=O)[C@H](C)N(Cc1cccc(Br)c1)C(=O)CN(c1cccc([N+](=O)[O-])c1)S(C)(=O)=O. The average molecular weight is 569 g/mol. The van der Waals surface area contributed by atoms with Crippen LogP contribution in [0.15, 0.2) is 53.0 Å². The predicted molar refractivity (Wildman–Crippen MR) is 137 cm³/mol. The van der Waals surface area contributed by atoms with Gasteiger partial charge in [-0.1, -0.05) is 41.1 Å². The van der Waals surface area contributed by atoms with Crippen molar-refractivity contribution in [1.29, 1.82) is 0 Å². The summed E-state index contributed by atoms with van der Waals surface area (Å²) in [5, 5.41) is 14.0. The fourth-order valence-electron chi connectivity index (χ4n) is 3.26. The fourth-order valence-corrected chi connectivity index (χ4v) is 4.54. The molecule has 35 heavy (non-hydrogen) atoms. The molecule has 2 aromatic carbocycles. The van der Waals surface area contributed by atoms with Gasteiger partial charge in [-0.2, -0.15) is 0 Å². The Labute approximate surface area is 213 Å². The van der Waals surface area contributed by atoms with Gasteiger partial charge >= 0.3 is 0 Å². The lowest BCUT2D eigenvalue weighted by atomic mass is 10.1. The minimum atomic E-state index is -3.98. The molecule has 1 N–H and O–H groups in total. The number of hydrogen-bond donors (Lipinski definition) is 1. The summed E-state index contributed by atoms with van der Waals surface area (Å²) in [7, 11) is -3.98. The van der Waals surface area contributed by atoms with Crippen LogP contribution in [0.3, 0.4) is 0 Å². The minimum Gasteiger partial charge on any atom is -0.352 e. The standard InChI is InChI=1S/C23H29BrN4O6S/c1-5-16(2)25-23(30)17(3)26(14-18-8-6-9-19(24)12-18)22(29)15-27(35(4,33)34)20-10-7-11-21(13-20)28(31)32/h6-13,16-17H,5,14-15H2,1-4H3,(H,25,30)/t16-,17+/m1/s1. The van der Waals surface area contributed by atoms with E-state index in [1.807, 2.05) is 19.9 Å². The van der Waals surface area contributed by atoms with E-state index >= 15 is 0 Å². The van der Waals surface area contributed by atoms with Crippen LogP contribution in [0.25, 0.3) is 0 Å². The monoisotopic (exact) mass is 568 g/mol. The van der Waals surface area contributed by atoms with Crippen molar-refractivity contribution in [1.82, 2.24) is 10.2 Å². The molecule has 2 aromatic rings. The van der Waals surface area contributed by atoms with Crippen molar-refractivity contribution in [2.75, 3.05) is 17.1 Å². The summed E-state index contributed by atoms with van der Waals surface area (Å²) in [5.41, 5.74) is 0.405. The van der Waals surface area contributed by atoms with Crippen LogP contribution in [0.2, 0.25) is 0 Å². The van der Waals surface area contributed by atoms with E-state index in [9.17, 15) is 28.1 Å². The average Bonchev–Trinajstić information content (AvgIpc) is 2.79. The Bertz CT molecular complexity index is 1190. The van der Waals surface area contributed by atoms with E-state index in [1.165, 1.54) is 23.1 Å². The molecular formula is C23H29BrN4O6S. The third-order valence-electron chi connectivity index (χ3n) is 5.42. The van der Waals surface area contributed by atoms with E-state index in [-0.39, 0.29) is 29.9 Å². The summed E-state index contributed by atoms with van der Waals surface area (Å²) in [5.74, 6) is -1.00. The highest BCUT2D eigenvalue weighted by Crippen LogP contribution is 2.24. The molecule has 0 aliphatic carbocycles. The van der Waals surface area contributed by atoms with Gasteiger partial charge in [-0.15, -0.1) is 0 Å². The Kier molecular flexibility index (Phi) is 9.78. The van der Waals surface area contributed by atoms with Gasteiger partial charge in [0, 0.05) is 29.2 Å². The van der Waals surface area contributed by atoms with Crippen molar-refractivity contribution < 1.29 is 22.9 Å². The molecule has 2 amide bonds. The maximum atomic E-state index is 13.5. The van der Waals surface area contributed by atoms with Crippen LogP contribution in [0.1, 0.15) is 32.8 Å². The van der Waals surface area contributed by atoms with Gasteiger partial charge in [0.05, 0.1) is 16.9 Å². The molecule has 0 bridgehead atoms. The first-order valence-electron chi connectivity index (χ1n) is 10.9.